The zero-order valence-corrected chi connectivity index (χ0v) is 13.9. The number of nitrogens with two attached hydrogens (primary N) is 1. The molecule has 24 heavy (non-hydrogen) atoms. The summed E-state index contributed by atoms with van der Waals surface area (Å²) in [4.78, 5) is 29.6. The quantitative estimate of drug-likeness (QED) is 0.881. The first-order valence-electron chi connectivity index (χ1n) is 8.75. The summed E-state index contributed by atoms with van der Waals surface area (Å²) in [6.07, 6.45) is 8.01. The average molecular weight is 331 g/mol. The van der Waals surface area contributed by atoms with Gasteiger partial charge in [0, 0.05) is 31.9 Å². The number of nitrogens with zero attached hydrogens (tertiary/aromatic N) is 2. The van der Waals surface area contributed by atoms with Crippen molar-refractivity contribution in [3.8, 4) is 0 Å². The van der Waals surface area contributed by atoms with E-state index < -0.39 is 6.10 Å². The first kappa shape index (κ1) is 16.9. The third kappa shape index (κ3) is 4.12. The molecule has 1 aromatic heterocycles. The molecule has 0 aromatic carbocycles. The van der Waals surface area contributed by atoms with E-state index in [1.165, 1.54) is 0 Å². The lowest BCUT2D eigenvalue weighted by Crippen LogP contribution is -2.41. The van der Waals surface area contributed by atoms with Gasteiger partial charge in [-0.1, -0.05) is 6.07 Å². The fraction of sp³-hybridized carbons (Fsp3) is 0.611. The molecule has 6 nitrogen and oxygen atoms in total. The molecule has 2 saturated heterocycles. The van der Waals surface area contributed by atoms with Gasteiger partial charge in [-0.05, 0) is 49.7 Å². The molecule has 2 N–H and O–H groups in total. The van der Waals surface area contributed by atoms with E-state index in [0.717, 1.165) is 50.8 Å². The lowest BCUT2D eigenvalue weighted by molar-refractivity contribution is -0.134. The summed E-state index contributed by atoms with van der Waals surface area (Å²) < 4.78 is 5.78. The molecule has 1 aromatic rings. The number of carbonyl (C=O) groups excluding carboxylic acids is 2. The summed E-state index contributed by atoms with van der Waals surface area (Å²) in [7, 11) is 0. The minimum absolute atomic E-state index is 0.121. The topological polar surface area (TPSA) is 85.5 Å². The molecule has 3 heterocycles. The maximum absolute atomic E-state index is 12.4. The Labute approximate surface area is 142 Å². The minimum Gasteiger partial charge on any atom is -0.367 e. The van der Waals surface area contributed by atoms with E-state index in [2.05, 4.69) is 4.98 Å². The van der Waals surface area contributed by atoms with E-state index in [4.69, 9.17) is 10.5 Å². The van der Waals surface area contributed by atoms with E-state index in [1.807, 2.05) is 23.2 Å². The third-order valence-corrected chi connectivity index (χ3v) is 5.14. The van der Waals surface area contributed by atoms with E-state index in [9.17, 15) is 9.59 Å². The summed E-state index contributed by atoms with van der Waals surface area (Å²) in [5, 5.41) is 0. The third-order valence-electron chi connectivity index (χ3n) is 5.14. The van der Waals surface area contributed by atoms with Crippen LogP contribution in [0.25, 0.3) is 0 Å². The second-order valence-electron chi connectivity index (χ2n) is 6.72. The van der Waals surface area contributed by atoms with Crippen molar-refractivity contribution in [1.29, 1.82) is 0 Å². The number of hydrogen-bond acceptors (Lipinski definition) is 4. The number of rotatable bonds is 5. The number of piperidine rings is 1. The van der Waals surface area contributed by atoms with Gasteiger partial charge in [0.1, 0.15) is 6.10 Å². The Kier molecular flexibility index (Phi) is 5.45. The molecule has 2 aliphatic heterocycles. The van der Waals surface area contributed by atoms with Gasteiger partial charge >= 0.3 is 0 Å². The normalized spacial score (nSPS) is 24.9. The number of aromatic nitrogens is 1. The molecular weight excluding hydrogens is 306 g/mol. The molecule has 2 atom stereocenters. The minimum atomic E-state index is -0.422. The van der Waals surface area contributed by atoms with Crippen molar-refractivity contribution in [2.24, 2.45) is 11.7 Å². The number of likely N-dealkylation sites (tertiary alicyclic amines) is 1. The summed E-state index contributed by atoms with van der Waals surface area (Å²) in [6.45, 7) is 1.55. The second-order valence-corrected chi connectivity index (χ2v) is 6.72. The molecule has 2 fully saturated rings. The number of carbonyl (C=O) groups is 2. The second kappa shape index (κ2) is 7.75. The Balaban J connectivity index is 1.42. The molecule has 2 aliphatic rings. The van der Waals surface area contributed by atoms with Crippen LogP contribution in [0, 0.1) is 5.92 Å². The van der Waals surface area contributed by atoms with E-state index in [0.29, 0.717) is 12.3 Å². The largest absolute Gasteiger partial charge is 0.367 e. The number of aryl methyl sites for hydroxylation is 1. The van der Waals surface area contributed by atoms with Gasteiger partial charge in [-0.3, -0.25) is 14.6 Å². The van der Waals surface area contributed by atoms with Gasteiger partial charge in [0.15, 0.2) is 0 Å². The highest BCUT2D eigenvalue weighted by atomic mass is 16.5. The van der Waals surface area contributed by atoms with E-state index in [-0.39, 0.29) is 17.9 Å². The Morgan fingerprint density at radius 2 is 2.04 bits per heavy atom. The van der Waals surface area contributed by atoms with Crippen LogP contribution in [-0.4, -0.2) is 47.0 Å². The van der Waals surface area contributed by atoms with Crippen molar-refractivity contribution >= 4 is 11.8 Å². The monoisotopic (exact) mass is 331 g/mol. The number of amides is 2. The SMILES string of the molecule is NC(=O)[C@H]1CC[C@@H](C2CCN(C(=O)CCc3cccnc3)CC2)O1. The molecule has 0 unspecified atom stereocenters. The van der Waals surface area contributed by atoms with Crippen molar-refractivity contribution in [1.82, 2.24) is 9.88 Å². The van der Waals surface area contributed by atoms with Crippen molar-refractivity contribution in [2.45, 2.75) is 50.7 Å². The summed E-state index contributed by atoms with van der Waals surface area (Å²) in [6, 6.07) is 3.89. The van der Waals surface area contributed by atoms with Gasteiger partial charge in [-0.2, -0.15) is 0 Å². The molecule has 2 amide bonds. The molecule has 130 valence electrons. The van der Waals surface area contributed by atoms with Crippen LogP contribution in [0.2, 0.25) is 0 Å². The number of primary amides is 1. The molecule has 0 aliphatic carbocycles. The molecular formula is C18H25N3O3. The molecule has 6 heteroatoms. The van der Waals surface area contributed by atoms with Crippen LogP contribution in [0.5, 0.6) is 0 Å². The average Bonchev–Trinajstić information content (AvgIpc) is 3.11. The number of ether oxygens (including phenoxy) is 1. The van der Waals surface area contributed by atoms with Crippen molar-refractivity contribution in [3.63, 3.8) is 0 Å². The van der Waals surface area contributed by atoms with Crippen LogP contribution < -0.4 is 5.73 Å². The standard InChI is InChI=1S/C18H25N3O3/c19-18(23)16-5-4-15(24-16)14-7-10-21(11-8-14)17(22)6-3-13-2-1-9-20-12-13/h1-2,9,12,14-16H,3-8,10-11H2,(H2,19,23)/t15-,16+/m0/s1. The molecule has 3 rings (SSSR count). The van der Waals surface area contributed by atoms with Gasteiger partial charge in [0.25, 0.3) is 0 Å². The molecule has 0 saturated carbocycles. The molecule has 0 spiro atoms. The fourth-order valence-corrected chi connectivity index (χ4v) is 3.69. The Hall–Kier alpha value is -1.95. The van der Waals surface area contributed by atoms with Gasteiger partial charge in [-0.15, -0.1) is 0 Å². The van der Waals surface area contributed by atoms with E-state index >= 15 is 0 Å². The highest BCUT2D eigenvalue weighted by molar-refractivity contribution is 5.79. The van der Waals surface area contributed by atoms with Gasteiger partial charge in [-0.25, -0.2) is 0 Å². The zero-order valence-electron chi connectivity index (χ0n) is 13.9. The number of pyridine rings is 1. The van der Waals surface area contributed by atoms with Crippen LogP contribution >= 0.6 is 0 Å². The first-order valence-corrected chi connectivity index (χ1v) is 8.75. The predicted octanol–water partition coefficient (Wildman–Crippen LogP) is 1.29. The highest BCUT2D eigenvalue weighted by Gasteiger charge is 2.36. The molecule has 0 bridgehead atoms. The zero-order chi connectivity index (χ0) is 16.9. The summed E-state index contributed by atoms with van der Waals surface area (Å²) >= 11 is 0. The van der Waals surface area contributed by atoms with Gasteiger partial charge < -0.3 is 15.4 Å². The predicted molar refractivity (Wildman–Crippen MR) is 89.0 cm³/mol. The van der Waals surface area contributed by atoms with Crippen molar-refractivity contribution in [3.05, 3.63) is 30.1 Å². The van der Waals surface area contributed by atoms with Crippen molar-refractivity contribution < 1.29 is 14.3 Å². The Morgan fingerprint density at radius 1 is 1.25 bits per heavy atom. The van der Waals surface area contributed by atoms with Crippen LogP contribution in [-0.2, 0) is 20.7 Å². The fourth-order valence-electron chi connectivity index (χ4n) is 3.69. The lowest BCUT2D eigenvalue weighted by Gasteiger charge is -2.34. The first-order chi connectivity index (χ1) is 11.6. The summed E-state index contributed by atoms with van der Waals surface area (Å²) in [5.41, 5.74) is 6.41. The Bertz CT molecular complexity index is 570. The van der Waals surface area contributed by atoms with Crippen LogP contribution in [0.4, 0.5) is 0 Å². The van der Waals surface area contributed by atoms with Crippen LogP contribution in [0.3, 0.4) is 0 Å². The Morgan fingerprint density at radius 3 is 2.67 bits per heavy atom. The maximum Gasteiger partial charge on any atom is 0.246 e. The van der Waals surface area contributed by atoms with Gasteiger partial charge in [0.05, 0.1) is 6.10 Å². The lowest BCUT2D eigenvalue weighted by atomic mass is 9.89. The van der Waals surface area contributed by atoms with Crippen molar-refractivity contribution in [2.75, 3.05) is 13.1 Å². The highest BCUT2D eigenvalue weighted by Crippen LogP contribution is 2.31. The van der Waals surface area contributed by atoms with Crippen LogP contribution in [0.15, 0.2) is 24.5 Å². The maximum atomic E-state index is 12.4. The van der Waals surface area contributed by atoms with Gasteiger partial charge in [0.2, 0.25) is 11.8 Å². The van der Waals surface area contributed by atoms with Crippen LogP contribution in [0.1, 0.15) is 37.7 Å². The molecule has 0 radical (unpaired) electrons. The number of hydrogen-bond donors (Lipinski definition) is 1. The van der Waals surface area contributed by atoms with E-state index in [1.54, 1.807) is 6.20 Å². The summed E-state index contributed by atoms with van der Waals surface area (Å²) in [5.74, 6) is 0.275. The smallest absolute Gasteiger partial charge is 0.246 e.